The van der Waals surface area contributed by atoms with E-state index in [1.54, 1.807) is 4.90 Å². The number of nitrogens with two attached hydrogens (primary N) is 1. The predicted molar refractivity (Wildman–Crippen MR) is 70.2 cm³/mol. The molecule has 1 aliphatic heterocycles. The number of hydrogen-bond acceptors (Lipinski definition) is 3. The van der Waals surface area contributed by atoms with Crippen LogP contribution in [0, 0.1) is 5.92 Å². The summed E-state index contributed by atoms with van der Waals surface area (Å²) in [6.07, 6.45) is 1.04. The Balaban J connectivity index is 2.74. The second-order valence-electron chi connectivity index (χ2n) is 4.80. The number of nitrogens with zero attached hydrogens (tertiary/aromatic N) is 1. The highest BCUT2D eigenvalue weighted by molar-refractivity contribution is 5.87. The standard InChI is InChI=1S/C12H22N4O3/c1-3-8(2)10(15-12(13)19)11(18)16-6-4-9(17)14-5-7-16/h8,10H,3-7H2,1-2H3,(H,14,17)(H3,13,15,19). The summed E-state index contributed by atoms with van der Waals surface area (Å²) in [6.45, 7) is 5.10. The molecule has 19 heavy (non-hydrogen) atoms. The molecule has 2 unspecified atom stereocenters. The number of carbonyl (C=O) groups excluding carboxylic acids is 3. The van der Waals surface area contributed by atoms with Gasteiger partial charge in [-0.3, -0.25) is 9.59 Å². The van der Waals surface area contributed by atoms with Crippen molar-refractivity contribution in [2.45, 2.75) is 32.7 Å². The maximum absolute atomic E-state index is 12.4. The molecule has 0 aromatic rings. The molecular formula is C12H22N4O3. The second kappa shape index (κ2) is 6.96. The van der Waals surface area contributed by atoms with Crippen LogP contribution in [0.1, 0.15) is 26.7 Å². The highest BCUT2D eigenvalue weighted by Gasteiger charge is 2.30. The topological polar surface area (TPSA) is 105 Å². The average Bonchev–Trinajstić information content (AvgIpc) is 2.59. The molecule has 0 aromatic heterocycles. The van der Waals surface area contributed by atoms with Gasteiger partial charge in [0.2, 0.25) is 11.8 Å². The third kappa shape index (κ3) is 4.42. The van der Waals surface area contributed by atoms with Crippen LogP contribution in [0.5, 0.6) is 0 Å². The first-order chi connectivity index (χ1) is 8.95. The van der Waals surface area contributed by atoms with Gasteiger partial charge in [-0.2, -0.15) is 0 Å². The van der Waals surface area contributed by atoms with Gasteiger partial charge in [-0.1, -0.05) is 20.3 Å². The SMILES string of the molecule is CCC(C)C(NC(N)=O)C(=O)N1CCNC(=O)CC1. The molecule has 4 N–H and O–H groups in total. The van der Waals surface area contributed by atoms with E-state index < -0.39 is 12.1 Å². The number of rotatable bonds is 4. The predicted octanol–water partition coefficient (Wildman–Crippen LogP) is -0.582. The zero-order chi connectivity index (χ0) is 14.4. The first-order valence-electron chi connectivity index (χ1n) is 6.57. The van der Waals surface area contributed by atoms with E-state index in [1.165, 1.54) is 0 Å². The number of carbonyl (C=O) groups is 3. The quantitative estimate of drug-likeness (QED) is 0.636. The van der Waals surface area contributed by atoms with Crippen molar-refractivity contribution in [3.8, 4) is 0 Å². The van der Waals surface area contributed by atoms with Crippen LogP contribution in [0.2, 0.25) is 0 Å². The van der Waals surface area contributed by atoms with E-state index in [-0.39, 0.29) is 24.2 Å². The molecule has 0 aromatic carbocycles. The molecular weight excluding hydrogens is 248 g/mol. The fourth-order valence-corrected chi connectivity index (χ4v) is 2.02. The van der Waals surface area contributed by atoms with E-state index in [0.717, 1.165) is 6.42 Å². The summed E-state index contributed by atoms with van der Waals surface area (Å²) in [5, 5.41) is 5.21. The minimum atomic E-state index is -0.706. The summed E-state index contributed by atoms with van der Waals surface area (Å²) in [4.78, 5) is 36.3. The van der Waals surface area contributed by atoms with Crippen molar-refractivity contribution in [1.29, 1.82) is 0 Å². The molecule has 108 valence electrons. The first-order valence-corrected chi connectivity index (χ1v) is 6.57. The largest absolute Gasteiger partial charge is 0.354 e. The molecule has 0 saturated carbocycles. The number of nitrogens with one attached hydrogen (secondary N) is 2. The van der Waals surface area contributed by atoms with E-state index in [2.05, 4.69) is 10.6 Å². The number of amides is 4. The summed E-state index contributed by atoms with van der Waals surface area (Å²) in [7, 11) is 0. The summed E-state index contributed by atoms with van der Waals surface area (Å²) in [5.74, 6) is -0.241. The van der Waals surface area contributed by atoms with E-state index >= 15 is 0 Å². The molecule has 0 radical (unpaired) electrons. The maximum atomic E-state index is 12.4. The van der Waals surface area contributed by atoms with Gasteiger partial charge in [-0.25, -0.2) is 4.79 Å². The molecule has 7 nitrogen and oxygen atoms in total. The van der Waals surface area contributed by atoms with Crippen molar-refractivity contribution >= 4 is 17.8 Å². The van der Waals surface area contributed by atoms with Gasteiger partial charge < -0.3 is 21.3 Å². The highest BCUT2D eigenvalue weighted by atomic mass is 16.2. The van der Waals surface area contributed by atoms with Crippen molar-refractivity contribution in [3.63, 3.8) is 0 Å². The Kier molecular flexibility index (Phi) is 5.59. The lowest BCUT2D eigenvalue weighted by atomic mass is 9.98. The summed E-state index contributed by atoms with van der Waals surface area (Å²) in [5.41, 5.74) is 5.12. The van der Waals surface area contributed by atoms with Crippen LogP contribution in [-0.2, 0) is 9.59 Å². The summed E-state index contributed by atoms with van der Waals surface area (Å²) >= 11 is 0. The Hall–Kier alpha value is -1.79. The zero-order valence-electron chi connectivity index (χ0n) is 11.4. The van der Waals surface area contributed by atoms with Crippen molar-refractivity contribution < 1.29 is 14.4 Å². The van der Waals surface area contributed by atoms with Crippen molar-refractivity contribution in [3.05, 3.63) is 0 Å². The Labute approximate surface area is 112 Å². The molecule has 2 atom stereocenters. The van der Waals surface area contributed by atoms with Crippen LogP contribution in [0.3, 0.4) is 0 Å². The van der Waals surface area contributed by atoms with Crippen LogP contribution in [0.4, 0.5) is 4.79 Å². The molecule has 1 fully saturated rings. The molecule has 0 aliphatic carbocycles. The van der Waals surface area contributed by atoms with E-state index in [9.17, 15) is 14.4 Å². The highest BCUT2D eigenvalue weighted by Crippen LogP contribution is 2.12. The van der Waals surface area contributed by atoms with Crippen LogP contribution < -0.4 is 16.4 Å². The lowest BCUT2D eigenvalue weighted by Gasteiger charge is -2.29. The monoisotopic (exact) mass is 270 g/mol. The molecule has 1 saturated heterocycles. The normalized spacial score (nSPS) is 19.1. The van der Waals surface area contributed by atoms with Gasteiger partial charge in [0, 0.05) is 26.1 Å². The van der Waals surface area contributed by atoms with Gasteiger partial charge in [-0.05, 0) is 5.92 Å². The van der Waals surface area contributed by atoms with Gasteiger partial charge in [0.25, 0.3) is 0 Å². The van der Waals surface area contributed by atoms with Crippen LogP contribution in [0.25, 0.3) is 0 Å². The van der Waals surface area contributed by atoms with Crippen molar-refractivity contribution in [2.24, 2.45) is 11.7 Å². The first kappa shape index (κ1) is 15.3. The maximum Gasteiger partial charge on any atom is 0.312 e. The zero-order valence-corrected chi connectivity index (χ0v) is 11.4. The molecule has 1 rings (SSSR count). The third-order valence-electron chi connectivity index (χ3n) is 3.40. The average molecular weight is 270 g/mol. The van der Waals surface area contributed by atoms with Crippen LogP contribution in [0.15, 0.2) is 0 Å². The number of urea groups is 1. The fraction of sp³-hybridized carbons (Fsp3) is 0.750. The number of hydrogen-bond donors (Lipinski definition) is 3. The second-order valence-corrected chi connectivity index (χ2v) is 4.80. The lowest BCUT2D eigenvalue weighted by Crippen LogP contribution is -2.53. The Morgan fingerprint density at radius 2 is 2.16 bits per heavy atom. The van der Waals surface area contributed by atoms with Gasteiger partial charge in [-0.15, -0.1) is 0 Å². The van der Waals surface area contributed by atoms with Crippen molar-refractivity contribution in [1.82, 2.24) is 15.5 Å². The minimum Gasteiger partial charge on any atom is -0.354 e. The number of primary amides is 1. The Morgan fingerprint density at radius 1 is 1.47 bits per heavy atom. The Bertz CT molecular complexity index is 359. The van der Waals surface area contributed by atoms with Crippen LogP contribution in [-0.4, -0.2) is 48.4 Å². The van der Waals surface area contributed by atoms with E-state index in [0.29, 0.717) is 19.6 Å². The molecule has 1 heterocycles. The fourth-order valence-electron chi connectivity index (χ4n) is 2.02. The molecule has 7 heteroatoms. The molecule has 1 aliphatic rings. The van der Waals surface area contributed by atoms with Gasteiger partial charge in [0.05, 0.1) is 0 Å². The van der Waals surface area contributed by atoms with Gasteiger partial charge in [0.15, 0.2) is 0 Å². The van der Waals surface area contributed by atoms with E-state index in [1.807, 2.05) is 13.8 Å². The van der Waals surface area contributed by atoms with Crippen molar-refractivity contribution in [2.75, 3.05) is 19.6 Å². The smallest absolute Gasteiger partial charge is 0.312 e. The lowest BCUT2D eigenvalue weighted by molar-refractivity contribution is -0.134. The summed E-state index contributed by atoms with van der Waals surface area (Å²) < 4.78 is 0. The molecule has 0 bridgehead atoms. The molecule has 0 spiro atoms. The van der Waals surface area contributed by atoms with Crippen LogP contribution >= 0.6 is 0 Å². The van der Waals surface area contributed by atoms with E-state index in [4.69, 9.17) is 5.73 Å². The molecule has 4 amide bonds. The third-order valence-corrected chi connectivity index (χ3v) is 3.40. The summed E-state index contributed by atoms with van der Waals surface area (Å²) in [6, 6.07) is -1.33. The Morgan fingerprint density at radius 3 is 2.74 bits per heavy atom. The van der Waals surface area contributed by atoms with Gasteiger partial charge in [0.1, 0.15) is 6.04 Å². The minimum absolute atomic E-state index is 0.00749. The van der Waals surface area contributed by atoms with Gasteiger partial charge >= 0.3 is 6.03 Å².